The summed E-state index contributed by atoms with van der Waals surface area (Å²) in [6, 6.07) is 56.5. The zero-order valence-corrected chi connectivity index (χ0v) is 33.0. The molecule has 0 saturated carbocycles. The fourth-order valence-corrected chi connectivity index (χ4v) is 13.9. The molecular weight excluding hydrogens is 753 g/mol. The van der Waals surface area contributed by atoms with Crippen LogP contribution in [0.3, 0.4) is 0 Å². The molecule has 0 aliphatic carbocycles. The van der Waals surface area contributed by atoms with Gasteiger partial charge in [0.15, 0.2) is 7.14 Å². The Balaban J connectivity index is 0.978. The maximum absolute atomic E-state index is 16.3. The summed E-state index contributed by atoms with van der Waals surface area (Å²) in [5.74, 6) is 0. The van der Waals surface area contributed by atoms with Gasteiger partial charge in [0.1, 0.15) is 0 Å². The summed E-state index contributed by atoms with van der Waals surface area (Å²) in [7, 11) is -3.36. The number of hydrogen-bond donors (Lipinski definition) is 0. The largest absolute Gasteiger partial charge is 0.309 e. The molecule has 10 heteroatoms. The van der Waals surface area contributed by atoms with Gasteiger partial charge < -0.3 is 13.7 Å². The Morgan fingerprint density at radius 3 is 1.07 bits per heavy atom. The first-order valence-electron chi connectivity index (χ1n) is 20.2. The number of aromatic nitrogens is 6. The van der Waals surface area contributed by atoms with Crippen LogP contribution in [0.2, 0.25) is 0 Å². The molecule has 0 amide bonds. The van der Waals surface area contributed by atoms with Crippen LogP contribution in [0.1, 0.15) is 0 Å². The van der Waals surface area contributed by atoms with Crippen LogP contribution < -0.4 is 49.2 Å². The van der Waals surface area contributed by atoms with E-state index in [1.165, 1.54) is 21.5 Å². The molecule has 0 bridgehead atoms. The summed E-state index contributed by atoms with van der Waals surface area (Å²) in [5.41, 5.74) is 11.4. The Labute approximate surface area is 345 Å². The molecule has 11 aromatic rings. The van der Waals surface area contributed by atoms with E-state index >= 15 is 4.57 Å². The quantitative estimate of drug-likeness (QED) is 0.190. The summed E-state index contributed by atoms with van der Waals surface area (Å²) in [6.07, 6.45) is 7.71. The predicted octanol–water partition coefficient (Wildman–Crippen LogP) is 4.76. The molecule has 7 aromatic carbocycles. The van der Waals surface area contributed by atoms with Crippen molar-refractivity contribution in [3.63, 3.8) is 0 Å². The first-order chi connectivity index (χ1) is 29.7. The SMILES string of the molecule is O=P12c3ccccc3B(c3ncc(-n4c5ccccc5c5ccccc54)cn3)c3cccc(c31)B(c1ncc(-n3c4ccccc4c4ccccc43)cn1)c1ccccc12. The molecule has 0 unspecified atom stereocenters. The number of fused-ring (bicyclic) bond motifs is 10. The second-order valence-electron chi connectivity index (χ2n) is 15.7. The zero-order valence-electron chi connectivity index (χ0n) is 32.1. The van der Waals surface area contributed by atoms with Crippen LogP contribution in [0.25, 0.3) is 55.0 Å². The summed E-state index contributed by atoms with van der Waals surface area (Å²) in [4.78, 5) is 20.6. The van der Waals surface area contributed by atoms with Gasteiger partial charge in [0.05, 0.1) is 69.7 Å². The second-order valence-corrected chi connectivity index (χ2v) is 18.3. The van der Waals surface area contributed by atoms with Crippen molar-refractivity contribution < 1.29 is 4.57 Å². The van der Waals surface area contributed by atoms with E-state index in [-0.39, 0.29) is 13.4 Å². The van der Waals surface area contributed by atoms with Crippen LogP contribution in [0, 0.1) is 0 Å². The molecule has 0 atom stereocenters. The van der Waals surface area contributed by atoms with E-state index in [2.05, 4.69) is 137 Å². The van der Waals surface area contributed by atoms with Crippen LogP contribution in [-0.4, -0.2) is 42.5 Å². The van der Waals surface area contributed by atoms with Gasteiger partial charge in [-0.2, -0.15) is 0 Å². The molecule has 0 spiro atoms. The lowest BCUT2D eigenvalue weighted by Crippen LogP contribution is -2.75. The molecule has 2 aliphatic heterocycles. The van der Waals surface area contributed by atoms with Crippen LogP contribution >= 0.6 is 7.14 Å². The summed E-state index contributed by atoms with van der Waals surface area (Å²) in [6.45, 7) is -0.676. The molecule has 2 aliphatic rings. The van der Waals surface area contributed by atoms with E-state index in [1.54, 1.807) is 0 Å². The molecule has 0 saturated heterocycles. The average Bonchev–Trinajstić information content (AvgIpc) is 3.83. The van der Waals surface area contributed by atoms with Crippen molar-refractivity contribution in [2.45, 2.75) is 0 Å². The first-order valence-corrected chi connectivity index (χ1v) is 21.9. The monoisotopic (exact) mass is 784 g/mol. The highest BCUT2D eigenvalue weighted by Gasteiger charge is 2.51. The molecule has 4 aromatic heterocycles. The molecule has 0 N–H and O–H groups in total. The van der Waals surface area contributed by atoms with E-state index in [0.29, 0.717) is 11.4 Å². The molecule has 60 heavy (non-hydrogen) atoms. The van der Waals surface area contributed by atoms with Gasteiger partial charge in [0.2, 0.25) is 0 Å². The lowest BCUT2D eigenvalue weighted by atomic mass is 9.36. The minimum atomic E-state index is -3.36. The van der Waals surface area contributed by atoms with E-state index in [4.69, 9.17) is 19.9 Å². The number of hydrogen-bond acceptors (Lipinski definition) is 5. The number of benzene rings is 7. The van der Waals surface area contributed by atoms with Gasteiger partial charge >= 0.3 is 0 Å². The summed E-state index contributed by atoms with van der Waals surface area (Å²) in [5, 5.41) is 7.26. The Bertz CT molecular complexity index is 3280. The van der Waals surface area contributed by atoms with Crippen LogP contribution in [0.4, 0.5) is 0 Å². The van der Waals surface area contributed by atoms with Crippen molar-refractivity contribution in [1.82, 2.24) is 29.1 Å². The lowest BCUT2D eigenvalue weighted by molar-refractivity contribution is 0.592. The minimum absolute atomic E-state index is 0.338. The minimum Gasteiger partial charge on any atom is -0.309 e. The van der Waals surface area contributed by atoms with Crippen molar-refractivity contribution in [3.8, 4) is 11.4 Å². The van der Waals surface area contributed by atoms with Crippen LogP contribution in [-0.2, 0) is 4.57 Å². The molecule has 278 valence electrons. The third-order valence-corrected chi connectivity index (χ3v) is 16.0. The lowest BCUT2D eigenvalue weighted by Gasteiger charge is -2.39. The van der Waals surface area contributed by atoms with Gasteiger partial charge in [-0.3, -0.25) is 0 Å². The fraction of sp³-hybridized carbons (Fsp3) is 0. The summed E-state index contributed by atoms with van der Waals surface area (Å²) < 4.78 is 20.8. The topological polar surface area (TPSA) is 78.5 Å². The normalized spacial score (nSPS) is 13.8. The second kappa shape index (κ2) is 12.6. The number of para-hydroxylation sites is 4. The molecule has 7 nitrogen and oxygen atoms in total. The van der Waals surface area contributed by atoms with Crippen molar-refractivity contribution in [3.05, 3.63) is 189 Å². The van der Waals surface area contributed by atoms with Gasteiger partial charge in [0, 0.05) is 37.5 Å². The third kappa shape index (κ3) is 4.50. The van der Waals surface area contributed by atoms with E-state index < -0.39 is 7.14 Å². The van der Waals surface area contributed by atoms with Gasteiger partial charge in [-0.15, -0.1) is 0 Å². The van der Waals surface area contributed by atoms with Gasteiger partial charge in [-0.25, -0.2) is 19.9 Å². The van der Waals surface area contributed by atoms with Crippen molar-refractivity contribution in [1.29, 1.82) is 0 Å². The highest BCUT2D eigenvalue weighted by Crippen LogP contribution is 2.43. The van der Waals surface area contributed by atoms with E-state index in [9.17, 15) is 0 Å². The predicted molar refractivity (Wildman–Crippen MR) is 248 cm³/mol. The Kier molecular flexibility index (Phi) is 7.05. The highest BCUT2D eigenvalue weighted by molar-refractivity contribution is 7.88. The van der Waals surface area contributed by atoms with Crippen molar-refractivity contribution in [2.24, 2.45) is 0 Å². The van der Waals surface area contributed by atoms with Crippen LogP contribution in [0.15, 0.2) is 189 Å². The molecule has 6 heterocycles. The van der Waals surface area contributed by atoms with Gasteiger partial charge in [0.25, 0.3) is 13.4 Å². The Morgan fingerprint density at radius 2 is 0.683 bits per heavy atom. The zero-order chi connectivity index (χ0) is 39.5. The van der Waals surface area contributed by atoms with Crippen molar-refractivity contribution in [2.75, 3.05) is 0 Å². The van der Waals surface area contributed by atoms with Gasteiger partial charge in [-0.1, -0.05) is 161 Å². The summed E-state index contributed by atoms with van der Waals surface area (Å²) >= 11 is 0. The smallest absolute Gasteiger partial charge is 0.291 e. The molecule has 0 radical (unpaired) electrons. The molecule has 13 rings (SSSR count). The third-order valence-electron chi connectivity index (χ3n) is 12.7. The van der Waals surface area contributed by atoms with Gasteiger partial charge in [-0.05, 0) is 24.3 Å². The Hall–Kier alpha value is -7.34. The number of nitrogens with zero attached hydrogens (tertiary/aromatic N) is 6. The Morgan fingerprint density at radius 1 is 0.367 bits per heavy atom. The maximum Gasteiger partial charge on any atom is 0.291 e. The van der Waals surface area contributed by atoms with Crippen LogP contribution in [0.5, 0.6) is 0 Å². The van der Waals surface area contributed by atoms with E-state index in [1.807, 2.05) is 61.2 Å². The average molecular weight is 784 g/mol. The first kappa shape index (κ1) is 33.6. The maximum atomic E-state index is 16.3. The standard InChI is InChI=1S/C50H31B2N6OP/c59-60-46-26-11-5-18-38(46)51(49-53-28-32(29-54-49)57-42-22-7-1-14-34(42)35-15-2-8-23-43(35)57)40-20-13-21-41(48(40)60)52(39-19-6-12-27-47(39)60)50-55-30-33(31-56-50)58-44-24-9-3-16-36(44)37-17-4-10-25-45(37)58/h1-31H. The van der Waals surface area contributed by atoms with Crippen molar-refractivity contribution >= 4 is 113 Å². The van der Waals surface area contributed by atoms with E-state index in [0.717, 1.165) is 71.2 Å². The number of rotatable bonds is 4. The fourth-order valence-electron chi connectivity index (χ4n) is 10.3. The molecule has 0 fully saturated rings. The molecular formula is C50H31B2N6OP. The highest BCUT2D eigenvalue weighted by atomic mass is 31.2.